The van der Waals surface area contributed by atoms with Crippen LogP contribution in [0.5, 0.6) is 0 Å². The van der Waals surface area contributed by atoms with Gasteiger partial charge in [0.2, 0.25) is 0 Å². The smallest absolute Gasteiger partial charge is 0.290 e. The van der Waals surface area contributed by atoms with Crippen LogP contribution < -0.4 is 11.1 Å². The number of hydrogen-bond acceptors (Lipinski definition) is 9. The van der Waals surface area contributed by atoms with Gasteiger partial charge < -0.3 is 24.0 Å². The summed E-state index contributed by atoms with van der Waals surface area (Å²) in [5.41, 5.74) is 5.97. The van der Waals surface area contributed by atoms with Crippen LogP contribution in [0.2, 0.25) is 0 Å². The fourth-order valence-corrected chi connectivity index (χ4v) is 9.54. The van der Waals surface area contributed by atoms with E-state index >= 15 is 0 Å². The maximum Gasteiger partial charge on any atom is 0.290 e. The number of unbranched alkanes of at least 4 members (excludes halogenated alkanes) is 1. The van der Waals surface area contributed by atoms with Gasteiger partial charge in [-0.2, -0.15) is 0 Å². The third-order valence-corrected chi connectivity index (χ3v) is 13.6. The molecule has 8 rings (SSSR count). The molecule has 0 spiro atoms. The highest BCUT2D eigenvalue weighted by Gasteiger charge is 2.32. The molecule has 0 saturated heterocycles. The summed E-state index contributed by atoms with van der Waals surface area (Å²) in [6, 6.07) is 41.0. The van der Waals surface area contributed by atoms with E-state index < -0.39 is 12.1 Å². The molecule has 13 nitrogen and oxygen atoms in total. The maximum absolute atomic E-state index is 14.8. The molecular weight excluding hydrogens is 913 g/mol. The van der Waals surface area contributed by atoms with Crippen molar-refractivity contribution in [2.45, 2.75) is 78.0 Å². The van der Waals surface area contributed by atoms with Crippen molar-refractivity contribution >= 4 is 33.6 Å². The van der Waals surface area contributed by atoms with Crippen LogP contribution in [0.1, 0.15) is 108 Å². The molecule has 5 aromatic carbocycles. The summed E-state index contributed by atoms with van der Waals surface area (Å²) in [7, 11) is 7.90. The van der Waals surface area contributed by atoms with Gasteiger partial charge in [-0.25, -0.2) is 9.97 Å². The quantitative estimate of drug-likeness (QED) is 0.0652. The number of aryl methyl sites for hydroxylation is 1. The van der Waals surface area contributed by atoms with Crippen molar-refractivity contribution in [3.8, 4) is 11.1 Å². The molecule has 0 aliphatic heterocycles. The fraction of sp³-hybridized carbons (Fsp3) is 0.333. The molecule has 0 radical (unpaired) electrons. The first-order valence-electron chi connectivity index (χ1n) is 25.6. The number of fused-ring (bicyclic) bond motifs is 2. The minimum absolute atomic E-state index is 0.105. The van der Waals surface area contributed by atoms with Crippen LogP contribution in [-0.2, 0) is 19.5 Å². The average Bonchev–Trinajstić information content (AvgIpc) is 3.91. The lowest BCUT2D eigenvalue weighted by Gasteiger charge is -2.33. The van der Waals surface area contributed by atoms with E-state index in [4.69, 9.17) is 14.4 Å². The summed E-state index contributed by atoms with van der Waals surface area (Å²) in [4.78, 5) is 76.2. The van der Waals surface area contributed by atoms with E-state index in [9.17, 15) is 19.2 Å². The molecule has 2 unspecified atom stereocenters. The van der Waals surface area contributed by atoms with Crippen LogP contribution in [0.15, 0.2) is 154 Å². The lowest BCUT2D eigenvalue weighted by molar-refractivity contribution is 0.0608. The topological polar surface area (TPSA) is 130 Å². The third kappa shape index (κ3) is 11.9. The third-order valence-electron chi connectivity index (χ3n) is 13.6. The van der Waals surface area contributed by atoms with Crippen molar-refractivity contribution in [2.75, 3.05) is 54.4 Å². The van der Waals surface area contributed by atoms with E-state index in [2.05, 4.69) is 11.8 Å². The Morgan fingerprint density at radius 3 is 1.53 bits per heavy atom. The molecular formula is C60H68N8O5. The maximum atomic E-state index is 14.8. The molecule has 0 fully saturated rings. The van der Waals surface area contributed by atoms with Crippen molar-refractivity contribution in [1.29, 1.82) is 0 Å². The van der Waals surface area contributed by atoms with Crippen molar-refractivity contribution in [3.63, 3.8) is 0 Å². The fourth-order valence-electron chi connectivity index (χ4n) is 9.54. The lowest BCUT2D eigenvalue weighted by atomic mass is 10.0. The predicted molar refractivity (Wildman–Crippen MR) is 291 cm³/mol. The van der Waals surface area contributed by atoms with Gasteiger partial charge in [0.25, 0.3) is 22.9 Å². The summed E-state index contributed by atoms with van der Waals surface area (Å²) >= 11 is 0. The van der Waals surface area contributed by atoms with Crippen LogP contribution in [0.4, 0.5) is 0 Å². The van der Waals surface area contributed by atoms with Crippen LogP contribution in [0.3, 0.4) is 0 Å². The van der Waals surface area contributed by atoms with E-state index in [-0.39, 0.29) is 35.2 Å². The molecule has 13 heteroatoms. The first kappa shape index (κ1) is 51.9. The van der Waals surface area contributed by atoms with Gasteiger partial charge in [0.15, 0.2) is 5.76 Å². The lowest BCUT2D eigenvalue weighted by Crippen LogP contribution is -2.42. The zero-order valence-electron chi connectivity index (χ0n) is 43.3. The Morgan fingerprint density at radius 2 is 1.03 bits per heavy atom. The molecule has 2 amide bonds. The standard InChI is InChI=1S/C60H68N8O5/c1-8-11-19-42-26-32-46(33-27-42)57(69)65(36-34-63(4)5)52(9-2)55-61-50-24-17-16-23-49(50)59(71)68(55)40-44-28-30-45(31-29-44)47-38-54(73-41-47)60(72)66(37-35-64(6)7)53(10-3)56-62-51-25-18-15-22-48(51)58(70)67(56)39-43-20-13-12-14-21-43/h12-18,20-33,38,41,52-53H,8-11,19,34-37,39-40H2,1-7H3. The summed E-state index contributed by atoms with van der Waals surface area (Å²) in [5, 5.41) is 1.02. The molecule has 8 aromatic rings. The van der Waals surface area contributed by atoms with Crippen molar-refractivity contribution in [3.05, 3.63) is 200 Å². The number of carbonyl (C=O) groups is 2. The van der Waals surface area contributed by atoms with Gasteiger partial charge in [-0.05, 0) is 119 Å². The van der Waals surface area contributed by atoms with E-state index in [1.807, 2.05) is 167 Å². The Kier molecular flexibility index (Phi) is 16.9. The van der Waals surface area contributed by atoms with Gasteiger partial charge in [-0.15, -0.1) is 0 Å². The molecule has 73 heavy (non-hydrogen) atoms. The largest absolute Gasteiger partial charge is 0.459 e. The van der Waals surface area contributed by atoms with Gasteiger partial charge in [0.1, 0.15) is 11.6 Å². The predicted octanol–water partition coefficient (Wildman–Crippen LogP) is 10.1. The van der Waals surface area contributed by atoms with Crippen LogP contribution in [0, 0.1) is 0 Å². The molecule has 2 atom stereocenters. The second-order valence-corrected chi connectivity index (χ2v) is 19.4. The minimum atomic E-state index is -0.549. The number of amides is 2. The van der Waals surface area contributed by atoms with Gasteiger partial charge in [-0.3, -0.25) is 28.3 Å². The molecule has 378 valence electrons. The zero-order chi connectivity index (χ0) is 51.6. The Bertz CT molecular complexity index is 3270. The summed E-state index contributed by atoms with van der Waals surface area (Å²) in [6.45, 7) is 8.74. The van der Waals surface area contributed by atoms with E-state index in [0.717, 1.165) is 36.0 Å². The Balaban J connectivity index is 1.10. The van der Waals surface area contributed by atoms with E-state index in [1.165, 1.54) is 5.56 Å². The highest BCUT2D eigenvalue weighted by molar-refractivity contribution is 5.95. The molecule has 3 heterocycles. The number of para-hydroxylation sites is 2. The summed E-state index contributed by atoms with van der Waals surface area (Å²) in [6.07, 6.45) is 5.78. The zero-order valence-corrected chi connectivity index (χ0v) is 43.3. The van der Waals surface area contributed by atoms with Gasteiger partial charge in [-0.1, -0.05) is 118 Å². The molecule has 0 bridgehead atoms. The number of rotatable bonds is 22. The van der Waals surface area contributed by atoms with Gasteiger partial charge in [0.05, 0.1) is 53.2 Å². The molecule has 0 saturated carbocycles. The highest BCUT2D eigenvalue weighted by atomic mass is 16.3. The first-order chi connectivity index (χ1) is 35.4. The summed E-state index contributed by atoms with van der Waals surface area (Å²) in [5.74, 6) is 0.790. The highest BCUT2D eigenvalue weighted by Crippen LogP contribution is 2.31. The first-order valence-corrected chi connectivity index (χ1v) is 25.6. The number of likely N-dealkylation sites (N-methyl/N-ethyl adjacent to an activating group) is 2. The van der Waals surface area contributed by atoms with Crippen molar-refractivity contribution in [2.24, 2.45) is 0 Å². The van der Waals surface area contributed by atoms with Gasteiger partial charge in [0, 0.05) is 37.3 Å². The molecule has 0 aliphatic rings. The minimum Gasteiger partial charge on any atom is -0.459 e. The van der Waals surface area contributed by atoms with Crippen molar-refractivity contribution in [1.82, 2.24) is 38.7 Å². The molecule has 0 N–H and O–H groups in total. The van der Waals surface area contributed by atoms with Crippen LogP contribution in [-0.4, -0.2) is 105 Å². The Morgan fingerprint density at radius 1 is 0.548 bits per heavy atom. The number of hydrogen-bond donors (Lipinski definition) is 0. The number of benzene rings is 5. The number of aromatic nitrogens is 4. The molecule has 3 aromatic heterocycles. The van der Waals surface area contributed by atoms with Crippen molar-refractivity contribution < 1.29 is 14.0 Å². The van der Waals surface area contributed by atoms with Crippen LogP contribution >= 0.6 is 0 Å². The number of carbonyl (C=O) groups excluding carboxylic acids is 2. The van der Waals surface area contributed by atoms with E-state index in [1.54, 1.807) is 38.5 Å². The second kappa shape index (κ2) is 23.8. The normalized spacial score (nSPS) is 12.5. The Labute approximate surface area is 428 Å². The Hall–Kier alpha value is -7.48. The SMILES string of the molecule is CCCCc1ccc(C(=O)N(CCN(C)C)C(CC)c2nc3ccccc3c(=O)n2Cc2ccc(-c3coc(C(=O)N(CCN(C)C)C(CC)c4nc5ccccc5c(=O)n4Cc4ccccc4)c3)cc2)cc1. The number of nitrogens with zero attached hydrogens (tertiary/aromatic N) is 8. The van der Waals surface area contributed by atoms with Gasteiger partial charge >= 0.3 is 0 Å². The second-order valence-electron chi connectivity index (χ2n) is 19.4. The van der Waals surface area contributed by atoms with E-state index in [0.29, 0.717) is 90.1 Å². The summed E-state index contributed by atoms with van der Waals surface area (Å²) < 4.78 is 9.53. The number of furan rings is 1. The monoisotopic (exact) mass is 981 g/mol. The van der Waals surface area contributed by atoms with Crippen LogP contribution in [0.25, 0.3) is 32.9 Å². The average molecular weight is 981 g/mol. The molecule has 0 aliphatic carbocycles.